The molecule has 13 aromatic carbocycles. The van der Waals surface area contributed by atoms with Gasteiger partial charge in [-0.15, -0.1) is 0 Å². The van der Waals surface area contributed by atoms with E-state index in [2.05, 4.69) is 272 Å². The molecule has 0 amide bonds. The number of fused-ring (bicyclic) bond motifs is 7. The number of aromatic nitrogens is 1. The third kappa shape index (κ3) is 7.18. The Hall–Kier alpha value is -9.57. The first-order valence-electron chi connectivity index (χ1n) is 24.6. The van der Waals surface area contributed by atoms with Crippen LogP contribution in [0.2, 0.25) is 0 Å². The maximum absolute atomic E-state index is 6.44. The van der Waals surface area contributed by atoms with Crippen LogP contribution in [-0.2, 0) is 0 Å². The molecule has 14 rings (SSSR count). The fraction of sp³-hybridized carbons (Fsp3) is 0. The Bertz CT molecular complexity index is 4410. The Kier molecular flexibility index (Phi) is 9.85. The van der Waals surface area contributed by atoms with E-state index in [1.54, 1.807) is 0 Å². The van der Waals surface area contributed by atoms with Gasteiger partial charge < -0.3 is 9.32 Å². The first-order chi connectivity index (χ1) is 35.7. The summed E-state index contributed by atoms with van der Waals surface area (Å²) in [6.45, 7) is 0. The zero-order valence-electron chi connectivity index (χ0n) is 39.2. The number of anilines is 3. The van der Waals surface area contributed by atoms with Crippen LogP contribution in [0.15, 0.2) is 271 Å². The van der Waals surface area contributed by atoms with Gasteiger partial charge in [0.2, 0.25) is 5.89 Å². The zero-order valence-corrected chi connectivity index (χ0v) is 39.2. The van der Waals surface area contributed by atoms with E-state index in [0.29, 0.717) is 5.89 Å². The summed E-state index contributed by atoms with van der Waals surface area (Å²) in [7, 11) is 0. The zero-order chi connectivity index (χ0) is 47.5. The van der Waals surface area contributed by atoms with Gasteiger partial charge in [-0.3, -0.25) is 0 Å². The topological polar surface area (TPSA) is 29.3 Å². The van der Waals surface area contributed by atoms with Crippen molar-refractivity contribution in [1.29, 1.82) is 0 Å². The molecule has 72 heavy (non-hydrogen) atoms. The minimum Gasteiger partial charge on any atom is -0.436 e. The quantitative estimate of drug-likeness (QED) is 0.152. The predicted octanol–water partition coefficient (Wildman–Crippen LogP) is 19.4. The molecular weight excluding hydrogens is 873 g/mol. The number of hydrogen-bond acceptors (Lipinski definition) is 3. The van der Waals surface area contributed by atoms with Crippen molar-refractivity contribution >= 4 is 82.0 Å². The summed E-state index contributed by atoms with van der Waals surface area (Å²) >= 11 is 0. The Morgan fingerprint density at radius 3 is 1.47 bits per heavy atom. The van der Waals surface area contributed by atoms with Gasteiger partial charge in [0.15, 0.2) is 5.58 Å². The van der Waals surface area contributed by atoms with Crippen molar-refractivity contribution in [3.63, 3.8) is 0 Å². The highest BCUT2D eigenvalue weighted by Gasteiger charge is 2.19. The molecule has 0 saturated heterocycles. The molecule has 0 N–H and O–H groups in total. The van der Waals surface area contributed by atoms with Crippen LogP contribution in [0.5, 0.6) is 0 Å². The van der Waals surface area contributed by atoms with Crippen LogP contribution >= 0.6 is 0 Å². The Labute approximate surface area is 417 Å². The molecule has 0 bridgehead atoms. The van der Waals surface area contributed by atoms with Crippen LogP contribution in [0.1, 0.15) is 0 Å². The van der Waals surface area contributed by atoms with Gasteiger partial charge in [0, 0.05) is 28.0 Å². The Morgan fingerprint density at radius 1 is 0.264 bits per heavy atom. The van der Waals surface area contributed by atoms with Crippen molar-refractivity contribution in [1.82, 2.24) is 4.98 Å². The van der Waals surface area contributed by atoms with Crippen LogP contribution in [0.25, 0.3) is 121 Å². The van der Waals surface area contributed by atoms with E-state index in [1.165, 1.54) is 71.1 Å². The van der Waals surface area contributed by atoms with Crippen molar-refractivity contribution < 1.29 is 4.42 Å². The highest BCUT2D eigenvalue weighted by Crippen LogP contribution is 2.44. The molecule has 3 heteroatoms. The number of hydrogen-bond donors (Lipinski definition) is 0. The van der Waals surface area contributed by atoms with Crippen LogP contribution in [-0.4, -0.2) is 4.98 Å². The van der Waals surface area contributed by atoms with E-state index in [0.717, 1.165) is 61.0 Å². The lowest BCUT2D eigenvalue weighted by Gasteiger charge is -2.27. The van der Waals surface area contributed by atoms with Crippen molar-refractivity contribution in [2.75, 3.05) is 4.90 Å². The van der Waals surface area contributed by atoms with Crippen molar-refractivity contribution in [2.24, 2.45) is 0 Å². The fourth-order valence-corrected chi connectivity index (χ4v) is 10.9. The molecule has 0 unspecified atom stereocenters. The maximum Gasteiger partial charge on any atom is 0.227 e. The highest BCUT2D eigenvalue weighted by molar-refractivity contribution is 6.14. The second kappa shape index (κ2) is 17.1. The first kappa shape index (κ1) is 41.4. The fourth-order valence-electron chi connectivity index (χ4n) is 10.9. The molecule has 1 aromatic heterocycles. The molecule has 14 aromatic rings. The minimum absolute atomic E-state index is 0.625. The standard InChI is InChI=1S/C69H44N2O/c1-3-16-49-41-51(31-29-45(49)13-1)47-33-35-55(36-34-47)71(56-21-9-19-52(43-56)59-26-11-18-48-15-5-6-23-58(48)59)57-22-10-20-53(44-57)60-37-38-64(62-25-8-7-24-61(60)62)63-27-12-28-66-65(63)39-40-67-68(66)70-69(72-67)54-32-30-46-14-2-4-17-50(46)42-54/h1-44H. The monoisotopic (exact) mass is 916 g/mol. The molecule has 0 aliphatic rings. The third-order valence-corrected chi connectivity index (χ3v) is 14.5. The van der Waals surface area contributed by atoms with E-state index in [4.69, 9.17) is 9.40 Å². The minimum atomic E-state index is 0.625. The van der Waals surface area contributed by atoms with Gasteiger partial charge in [0.05, 0.1) is 0 Å². The lowest BCUT2D eigenvalue weighted by molar-refractivity contribution is 0.620. The molecule has 0 spiro atoms. The molecule has 0 saturated carbocycles. The van der Waals surface area contributed by atoms with Gasteiger partial charge in [0.25, 0.3) is 0 Å². The average molecular weight is 917 g/mol. The molecule has 1 heterocycles. The number of nitrogens with zero attached hydrogens (tertiary/aromatic N) is 2. The van der Waals surface area contributed by atoms with E-state index >= 15 is 0 Å². The van der Waals surface area contributed by atoms with Gasteiger partial charge >= 0.3 is 0 Å². The molecule has 3 nitrogen and oxygen atoms in total. The molecule has 0 atom stereocenters. The summed E-state index contributed by atoms with van der Waals surface area (Å²) in [5.41, 5.74) is 15.2. The molecule has 0 fully saturated rings. The smallest absolute Gasteiger partial charge is 0.227 e. The molecule has 0 aliphatic heterocycles. The molecule has 0 radical (unpaired) electrons. The summed E-state index contributed by atoms with van der Waals surface area (Å²) in [4.78, 5) is 7.52. The summed E-state index contributed by atoms with van der Waals surface area (Å²) in [5.74, 6) is 0.625. The third-order valence-electron chi connectivity index (χ3n) is 14.5. The van der Waals surface area contributed by atoms with E-state index in [9.17, 15) is 0 Å². The lowest BCUT2D eigenvalue weighted by atomic mass is 9.90. The second-order valence-corrected chi connectivity index (χ2v) is 18.7. The molecule has 336 valence electrons. The summed E-state index contributed by atoms with van der Waals surface area (Å²) in [6.07, 6.45) is 0. The van der Waals surface area contributed by atoms with Crippen LogP contribution < -0.4 is 4.90 Å². The van der Waals surface area contributed by atoms with Crippen molar-refractivity contribution in [3.05, 3.63) is 267 Å². The van der Waals surface area contributed by atoms with Crippen LogP contribution in [0, 0.1) is 0 Å². The lowest BCUT2D eigenvalue weighted by Crippen LogP contribution is -2.10. The van der Waals surface area contributed by atoms with Gasteiger partial charge in [0.1, 0.15) is 5.52 Å². The molecule has 0 aliphatic carbocycles. The second-order valence-electron chi connectivity index (χ2n) is 18.7. The van der Waals surface area contributed by atoms with Crippen LogP contribution in [0.3, 0.4) is 0 Å². The highest BCUT2D eigenvalue weighted by atomic mass is 16.3. The average Bonchev–Trinajstić information content (AvgIpc) is 3.90. The van der Waals surface area contributed by atoms with Crippen molar-refractivity contribution in [3.8, 4) is 56.0 Å². The maximum atomic E-state index is 6.44. The Morgan fingerprint density at radius 2 is 0.750 bits per heavy atom. The number of benzene rings is 13. The normalized spacial score (nSPS) is 11.6. The Balaban J connectivity index is 0.870. The summed E-state index contributed by atoms with van der Waals surface area (Å²) < 4.78 is 6.44. The number of rotatable bonds is 8. The van der Waals surface area contributed by atoms with Crippen molar-refractivity contribution in [2.45, 2.75) is 0 Å². The van der Waals surface area contributed by atoms with E-state index in [-0.39, 0.29) is 0 Å². The number of oxazole rings is 1. The SMILES string of the molecule is c1cc(-c2cccc3ccccc23)cc(N(c2ccc(-c3ccc4ccccc4c3)cc2)c2cccc(-c3ccc(-c4cccc5c4ccc4oc(-c6ccc7ccccc7c6)nc45)c4ccccc34)c2)c1. The molecular formula is C69H44N2O. The first-order valence-corrected chi connectivity index (χ1v) is 24.6. The van der Waals surface area contributed by atoms with Gasteiger partial charge in [-0.1, -0.05) is 200 Å². The summed E-state index contributed by atoms with van der Waals surface area (Å²) in [5, 5.41) is 11.9. The van der Waals surface area contributed by atoms with Gasteiger partial charge in [-0.2, -0.15) is 0 Å². The van der Waals surface area contributed by atoms with E-state index < -0.39 is 0 Å². The van der Waals surface area contributed by atoms with Gasteiger partial charge in [-0.25, -0.2) is 4.98 Å². The van der Waals surface area contributed by atoms with E-state index in [1.807, 2.05) is 0 Å². The summed E-state index contributed by atoms with van der Waals surface area (Å²) in [6, 6.07) is 96.5. The predicted molar refractivity (Wildman–Crippen MR) is 303 cm³/mol. The largest absolute Gasteiger partial charge is 0.436 e. The van der Waals surface area contributed by atoms with Gasteiger partial charge in [-0.05, 0) is 160 Å². The van der Waals surface area contributed by atoms with Crippen LogP contribution in [0.4, 0.5) is 17.1 Å².